The molecule has 0 aromatic heterocycles. The van der Waals surface area contributed by atoms with Crippen LogP contribution in [0.1, 0.15) is 44.6 Å². The first-order valence-corrected chi connectivity index (χ1v) is 8.52. The summed E-state index contributed by atoms with van der Waals surface area (Å²) >= 11 is 12.3. The molecule has 3 atom stereocenters. The van der Waals surface area contributed by atoms with Gasteiger partial charge in [-0.25, -0.2) is 0 Å². The maximum absolute atomic E-state index is 6.33. The average Bonchev–Trinajstić information content (AvgIpc) is 2.46. The summed E-state index contributed by atoms with van der Waals surface area (Å²) in [6.45, 7) is 2.32. The van der Waals surface area contributed by atoms with E-state index in [1.807, 2.05) is 12.1 Å². The Kier molecular flexibility index (Phi) is 6.20. The Morgan fingerprint density at radius 1 is 1.25 bits per heavy atom. The first kappa shape index (κ1) is 16.1. The van der Waals surface area contributed by atoms with E-state index >= 15 is 0 Å². The summed E-state index contributed by atoms with van der Waals surface area (Å²) in [5, 5.41) is 5.04. The minimum absolute atomic E-state index is 0.513. The highest BCUT2D eigenvalue weighted by molar-refractivity contribution is 6.35. The maximum Gasteiger partial charge on any atom is 0.0453 e. The monoisotopic (exact) mass is 313 g/mol. The van der Waals surface area contributed by atoms with E-state index in [-0.39, 0.29) is 0 Å². The molecule has 1 N–H and O–H groups in total. The van der Waals surface area contributed by atoms with Gasteiger partial charge in [-0.1, -0.05) is 61.9 Å². The second-order valence-corrected chi connectivity index (χ2v) is 6.80. The molecule has 20 heavy (non-hydrogen) atoms. The highest BCUT2D eigenvalue weighted by atomic mass is 35.5. The Morgan fingerprint density at radius 3 is 2.65 bits per heavy atom. The quantitative estimate of drug-likeness (QED) is 0.773. The van der Waals surface area contributed by atoms with Crippen molar-refractivity contribution in [2.45, 2.75) is 51.5 Å². The van der Waals surface area contributed by atoms with Gasteiger partial charge in [0.15, 0.2) is 0 Å². The summed E-state index contributed by atoms with van der Waals surface area (Å²) < 4.78 is 0. The largest absolute Gasteiger partial charge is 0.316 e. The molecule has 0 heterocycles. The zero-order valence-electron chi connectivity index (χ0n) is 12.5. The Hall–Kier alpha value is -0.240. The highest BCUT2D eigenvalue weighted by Gasteiger charge is 2.30. The van der Waals surface area contributed by atoms with Crippen LogP contribution in [-0.2, 0) is 6.42 Å². The van der Waals surface area contributed by atoms with Crippen LogP contribution in [0.15, 0.2) is 18.2 Å². The molecule has 0 bridgehead atoms. The molecular weight excluding hydrogens is 289 g/mol. The minimum atomic E-state index is 0.513. The molecule has 1 saturated carbocycles. The topological polar surface area (TPSA) is 12.0 Å². The predicted octanol–water partition coefficient (Wildman–Crippen LogP) is 5.34. The van der Waals surface area contributed by atoms with E-state index in [4.69, 9.17) is 23.2 Å². The molecule has 0 radical (unpaired) electrons. The third-order valence-corrected chi connectivity index (χ3v) is 5.42. The van der Waals surface area contributed by atoms with Crippen molar-refractivity contribution >= 4 is 23.2 Å². The number of nitrogens with one attached hydrogen (secondary N) is 1. The highest BCUT2D eigenvalue weighted by Crippen LogP contribution is 2.36. The van der Waals surface area contributed by atoms with Crippen molar-refractivity contribution in [1.82, 2.24) is 5.32 Å². The average molecular weight is 314 g/mol. The van der Waals surface area contributed by atoms with Crippen LogP contribution in [0.3, 0.4) is 0 Å². The zero-order chi connectivity index (χ0) is 14.5. The van der Waals surface area contributed by atoms with Gasteiger partial charge < -0.3 is 5.32 Å². The van der Waals surface area contributed by atoms with Crippen molar-refractivity contribution < 1.29 is 0 Å². The number of halogens is 2. The molecule has 112 valence electrons. The number of rotatable bonds is 5. The van der Waals surface area contributed by atoms with E-state index in [0.29, 0.717) is 11.1 Å². The number of hydrogen-bond acceptors (Lipinski definition) is 1. The lowest BCUT2D eigenvalue weighted by molar-refractivity contribution is 0.179. The Bertz CT molecular complexity index is 433. The molecule has 3 heteroatoms. The lowest BCUT2D eigenvalue weighted by atomic mass is 9.73. The van der Waals surface area contributed by atoms with Gasteiger partial charge in [-0.2, -0.15) is 0 Å². The summed E-state index contributed by atoms with van der Waals surface area (Å²) in [6.07, 6.45) is 7.77. The lowest BCUT2D eigenvalue weighted by Gasteiger charge is -2.37. The predicted molar refractivity (Wildman–Crippen MR) is 88.8 cm³/mol. The van der Waals surface area contributed by atoms with Crippen molar-refractivity contribution in [2.75, 3.05) is 7.05 Å². The molecule has 0 amide bonds. The van der Waals surface area contributed by atoms with Gasteiger partial charge in [-0.05, 0) is 49.4 Å². The molecule has 1 aromatic rings. The van der Waals surface area contributed by atoms with Gasteiger partial charge in [0.1, 0.15) is 0 Å². The molecule has 3 unspecified atom stereocenters. The van der Waals surface area contributed by atoms with E-state index in [1.165, 1.54) is 37.7 Å². The minimum Gasteiger partial charge on any atom is -0.316 e. The smallest absolute Gasteiger partial charge is 0.0453 e. The van der Waals surface area contributed by atoms with Gasteiger partial charge in [0.05, 0.1) is 0 Å². The molecule has 1 fully saturated rings. The fourth-order valence-corrected chi connectivity index (χ4v) is 4.15. The summed E-state index contributed by atoms with van der Waals surface area (Å²) in [5.74, 6) is 1.62. The third kappa shape index (κ3) is 3.90. The van der Waals surface area contributed by atoms with Crippen molar-refractivity contribution in [3.63, 3.8) is 0 Å². The molecule has 1 aliphatic rings. The van der Waals surface area contributed by atoms with E-state index in [1.54, 1.807) is 0 Å². The van der Waals surface area contributed by atoms with Gasteiger partial charge in [-0.3, -0.25) is 0 Å². The van der Waals surface area contributed by atoms with E-state index in [2.05, 4.69) is 25.4 Å². The second kappa shape index (κ2) is 7.68. The second-order valence-electron chi connectivity index (χ2n) is 5.95. The number of likely N-dealkylation sites (N-methyl/N-ethyl adjacent to an activating group) is 1. The van der Waals surface area contributed by atoms with Gasteiger partial charge >= 0.3 is 0 Å². The molecule has 0 spiro atoms. The summed E-state index contributed by atoms with van der Waals surface area (Å²) in [4.78, 5) is 0. The first-order valence-electron chi connectivity index (χ1n) is 7.76. The van der Waals surface area contributed by atoms with Crippen LogP contribution in [-0.4, -0.2) is 13.1 Å². The molecule has 2 rings (SSSR count). The fourth-order valence-electron chi connectivity index (χ4n) is 3.66. The standard InChI is InChI=1S/C17H25Cl2N/c1-3-12-6-4-5-7-15(12)17(20-2)10-13-8-9-14(18)11-16(13)19/h8-9,11-12,15,17,20H,3-7,10H2,1-2H3. The zero-order valence-corrected chi connectivity index (χ0v) is 14.0. The fraction of sp³-hybridized carbons (Fsp3) is 0.647. The van der Waals surface area contributed by atoms with Crippen LogP contribution < -0.4 is 5.32 Å². The molecule has 1 nitrogen and oxygen atoms in total. The van der Waals surface area contributed by atoms with Crippen LogP contribution in [0.5, 0.6) is 0 Å². The lowest BCUT2D eigenvalue weighted by Crippen LogP contribution is -2.40. The van der Waals surface area contributed by atoms with Gasteiger partial charge in [0, 0.05) is 16.1 Å². The molecular formula is C17H25Cl2N. The van der Waals surface area contributed by atoms with Crippen LogP contribution in [0.25, 0.3) is 0 Å². The molecule has 1 aliphatic carbocycles. The summed E-state index contributed by atoms with van der Waals surface area (Å²) in [6, 6.07) is 6.37. The van der Waals surface area contributed by atoms with Crippen molar-refractivity contribution in [2.24, 2.45) is 11.8 Å². The number of benzene rings is 1. The van der Waals surface area contributed by atoms with E-state index < -0.39 is 0 Å². The van der Waals surface area contributed by atoms with Gasteiger partial charge in [-0.15, -0.1) is 0 Å². The van der Waals surface area contributed by atoms with Crippen LogP contribution in [0.2, 0.25) is 10.0 Å². The third-order valence-electron chi connectivity index (χ3n) is 4.83. The summed E-state index contributed by atoms with van der Waals surface area (Å²) in [5.41, 5.74) is 1.20. The molecule has 1 aromatic carbocycles. The Balaban J connectivity index is 2.11. The number of hydrogen-bond donors (Lipinski definition) is 1. The molecule has 0 aliphatic heterocycles. The van der Waals surface area contributed by atoms with Crippen LogP contribution in [0.4, 0.5) is 0 Å². The van der Waals surface area contributed by atoms with Gasteiger partial charge in [0.25, 0.3) is 0 Å². The maximum atomic E-state index is 6.33. The van der Waals surface area contributed by atoms with E-state index in [0.717, 1.165) is 23.3 Å². The SMILES string of the molecule is CCC1CCCCC1C(Cc1ccc(Cl)cc1Cl)NC. The van der Waals surface area contributed by atoms with E-state index in [9.17, 15) is 0 Å². The molecule has 0 saturated heterocycles. The van der Waals surface area contributed by atoms with Crippen molar-refractivity contribution in [3.05, 3.63) is 33.8 Å². The Labute approximate surface area is 133 Å². The van der Waals surface area contributed by atoms with Crippen LogP contribution in [0, 0.1) is 11.8 Å². The Morgan fingerprint density at radius 2 is 2.00 bits per heavy atom. The van der Waals surface area contributed by atoms with Crippen molar-refractivity contribution in [1.29, 1.82) is 0 Å². The van der Waals surface area contributed by atoms with Gasteiger partial charge in [0.2, 0.25) is 0 Å². The summed E-state index contributed by atoms with van der Waals surface area (Å²) in [7, 11) is 2.08. The first-order chi connectivity index (χ1) is 9.65. The van der Waals surface area contributed by atoms with Crippen LogP contribution >= 0.6 is 23.2 Å². The normalized spacial score (nSPS) is 24.6. The van der Waals surface area contributed by atoms with Crippen molar-refractivity contribution in [3.8, 4) is 0 Å².